The highest BCUT2D eigenvalue weighted by atomic mass is 16.2. The van der Waals surface area contributed by atoms with Gasteiger partial charge in [-0.25, -0.2) is 4.79 Å². The Morgan fingerprint density at radius 1 is 1.11 bits per heavy atom. The summed E-state index contributed by atoms with van der Waals surface area (Å²) in [6.07, 6.45) is 0. The molecule has 3 amide bonds. The van der Waals surface area contributed by atoms with E-state index < -0.39 is 12.1 Å². The fourth-order valence-electron chi connectivity index (χ4n) is 1.48. The normalized spacial score (nSPS) is 12.0. The topological polar surface area (TPSA) is 84.2 Å². The highest BCUT2D eigenvalue weighted by Crippen LogP contribution is 2.17. The van der Waals surface area contributed by atoms with Crippen molar-refractivity contribution in [3.63, 3.8) is 0 Å². The molecule has 0 bridgehead atoms. The molecule has 0 radical (unpaired) electrons. The van der Waals surface area contributed by atoms with Crippen LogP contribution in [0.1, 0.15) is 32.3 Å². The minimum absolute atomic E-state index is 0.300. The highest BCUT2D eigenvalue weighted by molar-refractivity contribution is 5.96. The van der Waals surface area contributed by atoms with Crippen LogP contribution in [-0.2, 0) is 4.79 Å². The van der Waals surface area contributed by atoms with Crippen molar-refractivity contribution in [1.29, 1.82) is 0 Å². The van der Waals surface area contributed by atoms with Crippen molar-refractivity contribution in [2.75, 3.05) is 5.32 Å². The summed E-state index contributed by atoms with van der Waals surface area (Å²) in [5.74, 6) is 0.149. The fraction of sp³-hybridized carbons (Fsp3) is 0.385. The van der Waals surface area contributed by atoms with E-state index in [2.05, 4.69) is 24.5 Å². The van der Waals surface area contributed by atoms with E-state index in [4.69, 9.17) is 5.73 Å². The van der Waals surface area contributed by atoms with E-state index in [1.165, 1.54) is 5.56 Å². The molecule has 5 nitrogen and oxygen atoms in total. The Morgan fingerprint density at radius 2 is 1.67 bits per heavy atom. The van der Waals surface area contributed by atoms with Crippen molar-refractivity contribution < 1.29 is 9.59 Å². The van der Waals surface area contributed by atoms with Crippen LogP contribution in [-0.4, -0.2) is 18.0 Å². The number of hydrogen-bond donors (Lipinski definition) is 3. The number of carbonyl (C=O) groups is 2. The Labute approximate surface area is 107 Å². The molecule has 4 N–H and O–H groups in total. The summed E-state index contributed by atoms with van der Waals surface area (Å²) >= 11 is 0. The quantitative estimate of drug-likeness (QED) is 0.760. The number of rotatable bonds is 4. The van der Waals surface area contributed by atoms with Gasteiger partial charge < -0.3 is 16.4 Å². The van der Waals surface area contributed by atoms with Crippen molar-refractivity contribution in [3.05, 3.63) is 29.8 Å². The molecular weight excluding hydrogens is 230 g/mol. The van der Waals surface area contributed by atoms with Gasteiger partial charge in [-0.1, -0.05) is 26.0 Å². The summed E-state index contributed by atoms with van der Waals surface area (Å²) < 4.78 is 0. The van der Waals surface area contributed by atoms with Crippen molar-refractivity contribution in [3.8, 4) is 0 Å². The molecule has 1 atom stereocenters. The second-order valence-corrected chi connectivity index (χ2v) is 4.50. The third-order valence-corrected chi connectivity index (χ3v) is 2.60. The molecule has 0 aliphatic rings. The van der Waals surface area contributed by atoms with Gasteiger partial charge >= 0.3 is 6.03 Å². The first-order chi connectivity index (χ1) is 8.40. The van der Waals surface area contributed by atoms with Gasteiger partial charge in [-0.05, 0) is 30.5 Å². The lowest BCUT2D eigenvalue weighted by Gasteiger charge is -2.13. The van der Waals surface area contributed by atoms with E-state index in [1.807, 2.05) is 24.3 Å². The van der Waals surface area contributed by atoms with Crippen LogP contribution < -0.4 is 16.4 Å². The summed E-state index contributed by atoms with van der Waals surface area (Å²) in [6, 6.07) is 6.23. The van der Waals surface area contributed by atoms with Crippen LogP contribution in [0.4, 0.5) is 10.5 Å². The fourth-order valence-corrected chi connectivity index (χ4v) is 1.48. The van der Waals surface area contributed by atoms with Gasteiger partial charge in [0, 0.05) is 5.69 Å². The highest BCUT2D eigenvalue weighted by Gasteiger charge is 2.13. The lowest BCUT2D eigenvalue weighted by molar-refractivity contribution is -0.117. The average Bonchev–Trinajstić information content (AvgIpc) is 2.28. The predicted octanol–water partition coefficient (Wildman–Crippen LogP) is 1.81. The van der Waals surface area contributed by atoms with E-state index in [0.29, 0.717) is 11.6 Å². The van der Waals surface area contributed by atoms with Crippen LogP contribution in [0, 0.1) is 0 Å². The summed E-state index contributed by atoms with van der Waals surface area (Å²) in [5, 5.41) is 5.02. The summed E-state index contributed by atoms with van der Waals surface area (Å²) in [5.41, 5.74) is 6.85. The maximum Gasteiger partial charge on any atom is 0.312 e. The van der Waals surface area contributed by atoms with Gasteiger partial charge in [0.25, 0.3) is 0 Å². The minimum Gasteiger partial charge on any atom is -0.352 e. The smallest absolute Gasteiger partial charge is 0.312 e. The molecule has 0 heterocycles. The number of amides is 3. The molecule has 5 heteroatoms. The Kier molecular flexibility index (Phi) is 4.71. The maximum absolute atomic E-state index is 11.7. The Bertz CT molecular complexity index is 426. The van der Waals surface area contributed by atoms with Gasteiger partial charge in [-0.15, -0.1) is 0 Å². The van der Waals surface area contributed by atoms with Gasteiger partial charge in [0.1, 0.15) is 6.04 Å². The van der Waals surface area contributed by atoms with Gasteiger partial charge in [0.05, 0.1) is 0 Å². The van der Waals surface area contributed by atoms with Gasteiger partial charge in [-0.2, -0.15) is 0 Å². The third kappa shape index (κ3) is 4.08. The molecule has 1 aromatic rings. The van der Waals surface area contributed by atoms with Crippen LogP contribution in [0.25, 0.3) is 0 Å². The zero-order chi connectivity index (χ0) is 13.7. The number of anilines is 1. The molecule has 0 aliphatic heterocycles. The predicted molar refractivity (Wildman–Crippen MR) is 71.3 cm³/mol. The molecule has 1 aromatic carbocycles. The van der Waals surface area contributed by atoms with Gasteiger partial charge in [-0.3, -0.25) is 4.79 Å². The minimum atomic E-state index is -0.715. The lowest BCUT2D eigenvalue weighted by Crippen LogP contribution is -2.44. The second kappa shape index (κ2) is 6.05. The average molecular weight is 249 g/mol. The SMILES string of the molecule is CC(C)c1ccc(NC(=O)[C@@H](C)NC(N)=O)cc1. The molecule has 0 unspecified atom stereocenters. The molecule has 0 aromatic heterocycles. The molecular formula is C13H19N3O2. The van der Waals surface area contributed by atoms with Crippen molar-refractivity contribution >= 4 is 17.6 Å². The van der Waals surface area contributed by atoms with Crippen molar-refractivity contribution in [2.45, 2.75) is 32.7 Å². The first-order valence-electron chi connectivity index (χ1n) is 5.87. The number of carbonyl (C=O) groups excluding carboxylic acids is 2. The van der Waals surface area contributed by atoms with E-state index in [9.17, 15) is 9.59 Å². The number of hydrogen-bond acceptors (Lipinski definition) is 2. The first kappa shape index (κ1) is 14.0. The van der Waals surface area contributed by atoms with Crippen LogP contribution in [0.15, 0.2) is 24.3 Å². The summed E-state index contributed by atoms with van der Waals surface area (Å²) in [7, 11) is 0. The molecule has 0 aliphatic carbocycles. The molecule has 18 heavy (non-hydrogen) atoms. The molecule has 1 rings (SSSR count). The van der Waals surface area contributed by atoms with Crippen LogP contribution in [0.3, 0.4) is 0 Å². The largest absolute Gasteiger partial charge is 0.352 e. The summed E-state index contributed by atoms with van der Waals surface area (Å²) in [6.45, 7) is 5.78. The Morgan fingerprint density at radius 3 is 2.11 bits per heavy atom. The zero-order valence-corrected chi connectivity index (χ0v) is 10.9. The number of benzene rings is 1. The van der Waals surface area contributed by atoms with Crippen molar-refractivity contribution in [2.24, 2.45) is 5.73 Å². The Hall–Kier alpha value is -2.04. The lowest BCUT2D eigenvalue weighted by atomic mass is 10.0. The monoisotopic (exact) mass is 249 g/mol. The van der Waals surface area contributed by atoms with Crippen molar-refractivity contribution in [1.82, 2.24) is 5.32 Å². The van der Waals surface area contributed by atoms with Crippen LogP contribution in [0.2, 0.25) is 0 Å². The van der Waals surface area contributed by atoms with E-state index in [-0.39, 0.29) is 5.91 Å². The second-order valence-electron chi connectivity index (χ2n) is 4.50. The molecule has 0 saturated heterocycles. The van der Waals surface area contributed by atoms with E-state index in [1.54, 1.807) is 6.92 Å². The Balaban J connectivity index is 2.62. The molecule has 0 fully saturated rings. The van der Waals surface area contributed by atoms with Gasteiger partial charge in [0.2, 0.25) is 5.91 Å². The van der Waals surface area contributed by atoms with Gasteiger partial charge in [0.15, 0.2) is 0 Å². The van der Waals surface area contributed by atoms with Crippen LogP contribution >= 0.6 is 0 Å². The summed E-state index contributed by atoms with van der Waals surface area (Å²) in [4.78, 5) is 22.3. The number of nitrogens with one attached hydrogen (secondary N) is 2. The zero-order valence-electron chi connectivity index (χ0n) is 10.9. The van der Waals surface area contributed by atoms with E-state index in [0.717, 1.165) is 0 Å². The van der Waals surface area contributed by atoms with Crippen LogP contribution in [0.5, 0.6) is 0 Å². The molecule has 0 saturated carbocycles. The number of primary amides is 1. The van der Waals surface area contributed by atoms with E-state index >= 15 is 0 Å². The molecule has 0 spiro atoms. The molecule has 98 valence electrons. The first-order valence-corrected chi connectivity index (χ1v) is 5.87. The standard InChI is InChI=1S/C13H19N3O2/c1-8(2)10-4-6-11(7-5-10)16-12(17)9(3)15-13(14)18/h4-9H,1-3H3,(H,16,17)(H3,14,15,18)/t9-/m1/s1. The maximum atomic E-state index is 11.7. The number of urea groups is 1. The number of nitrogens with two attached hydrogens (primary N) is 1. The third-order valence-electron chi connectivity index (χ3n) is 2.60.